The van der Waals surface area contributed by atoms with E-state index in [0.717, 1.165) is 18.7 Å². The number of nitrogens with zero attached hydrogens (tertiary/aromatic N) is 1. The van der Waals surface area contributed by atoms with Gasteiger partial charge in [0.2, 0.25) is 15.9 Å². The Balaban J connectivity index is 1.61. The van der Waals surface area contributed by atoms with Gasteiger partial charge in [-0.05, 0) is 60.7 Å². The van der Waals surface area contributed by atoms with E-state index in [4.69, 9.17) is 4.74 Å². The molecule has 0 aliphatic carbocycles. The molecular formula is C23H31N3O4S. The van der Waals surface area contributed by atoms with Crippen molar-refractivity contribution in [1.29, 1.82) is 0 Å². The van der Waals surface area contributed by atoms with E-state index in [1.165, 1.54) is 37.8 Å². The minimum Gasteiger partial charge on any atom is -0.497 e. The summed E-state index contributed by atoms with van der Waals surface area (Å²) in [5, 5.41) is 2.86. The summed E-state index contributed by atoms with van der Waals surface area (Å²) >= 11 is 0. The number of nitrogens with one attached hydrogen (secondary N) is 2. The van der Waals surface area contributed by atoms with Crippen molar-refractivity contribution in [3.63, 3.8) is 0 Å². The van der Waals surface area contributed by atoms with Crippen LogP contribution in [0.15, 0.2) is 53.4 Å². The first kappa shape index (κ1) is 23.1. The lowest BCUT2D eigenvalue weighted by molar-refractivity contribution is -0.123. The van der Waals surface area contributed by atoms with Crippen LogP contribution in [0.4, 0.5) is 5.69 Å². The standard InChI is InChI=1S/C23H31N3O4S/c1-17(2)22(25-31(28,29)21-12-10-20(30-3)11-13-21)23(27)24-16-18-6-8-19(9-7-18)26-14-4-5-15-26/h6-13,17,22,25H,4-5,14-16H2,1-3H3,(H,24,27)/t22-/m0/s1. The third kappa shape index (κ3) is 5.98. The second-order valence-electron chi connectivity index (χ2n) is 8.10. The molecule has 7 nitrogen and oxygen atoms in total. The summed E-state index contributed by atoms with van der Waals surface area (Å²) in [5.74, 6) is -0.00544. The number of rotatable bonds is 9. The van der Waals surface area contributed by atoms with Gasteiger partial charge < -0.3 is 15.0 Å². The van der Waals surface area contributed by atoms with E-state index in [-0.39, 0.29) is 16.7 Å². The van der Waals surface area contributed by atoms with Gasteiger partial charge in [0.05, 0.1) is 12.0 Å². The second kappa shape index (κ2) is 10.2. The van der Waals surface area contributed by atoms with Crippen molar-refractivity contribution in [2.75, 3.05) is 25.1 Å². The lowest BCUT2D eigenvalue weighted by Crippen LogP contribution is -2.49. The maximum absolute atomic E-state index is 12.8. The van der Waals surface area contributed by atoms with Crippen LogP contribution in [-0.2, 0) is 21.4 Å². The number of hydrogen-bond acceptors (Lipinski definition) is 5. The third-order valence-corrected chi connectivity index (χ3v) is 6.93. The smallest absolute Gasteiger partial charge is 0.241 e. The van der Waals surface area contributed by atoms with E-state index in [0.29, 0.717) is 12.3 Å². The summed E-state index contributed by atoms with van der Waals surface area (Å²) in [6.07, 6.45) is 2.45. The molecule has 8 heteroatoms. The van der Waals surface area contributed by atoms with Crippen LogP contribution >= 0.6 is 0 Å². The number of carbonyl (C=O) groups is 1. The van der Waals surface area contributed by atoms with E-state index < -0.39 is 16.1 Å². The van der Waals surface area contributed by atoms with Crippen LogP contribution < -0.4 is 19.7 Å². The number of carbonyl (C=O) groups excluding carboxylic acids is 1. The molecule has 0 saturated carbocycles. The lowest BCUT2D eigenvalue weighted by atomic mass is 10.0. The van der Waals surface area contributed by atoms with Crippen LogP contribution in [0.2, 0.25) is 0 Å². The Morgan fingerprint density at radius 3 is 2.19 bits per heavy atom. The molecule has 2 N–H and O–H groups in total. The van der Waals surface area contributed by atoms with Gasteiger partial charge in [-0.3, -0.25) is 4.79 Å². The van der Waals surface area contributed by atoms with Crippen LogP contribution in [0.25, 0.3) is 0 Å². The zero-order valence-electron chi connectivity index (χ0n) is 18.3. The molecule has 1 heterocycles. The van der Waals surface area contributed by atoms with Gasteiger partial charge in [-0.25, -0.2) is 8.42 Å². The van der Waals surface area contributed by atoms with Crippen molar-refractivity contribution in [3.05, 3.63) is 54.1 Å². The summed E-state index contributed by atoms with van der Waals surface area (Å²) in [4.78, 5) is 15.2. The van der Waals surface area contributed by atoms with Crippen LogP contribution in [0, 0.1) is 5.92 Å². The minimum atomic E-state index is -3.84. The Labute approximate surface area is 184 Å². The number of hydrogen-bond donors (Lipinski definition) is 2. The summed E-state index contributed by atoms with van der Waals surface area (Å²) in [6.45, 7) is 6.13. The zero-order valence-corrected chi connectivity index (χ0v) is 19.1. The molecule has 0 aromatic heterocycles. The van der Waals surface area contributed by atoms with E-state index in [9.17, 15) is 13.2 Å². The first-order valence-electron chi connectivity index (χ1n) is 10.6. The number of anilines is 1. The number of ether oxygens (including phenoxy) is 1. The van der Waals surface area contributed by atoms with Gasteiger partial charge in [0.1, 0.15) is 11.8 Å². The molecule has 1 fully saturated rings. The molecular weight excluding hydrogens is 414 g/mol. The Hall–Kier alpha value is -2.58. The van der Waals surface area contributed by atoms with Crippen LogP contribution in [-0.4, -0.2) is 40.6 Å². The number of methoxy groups -OCH3 is 1. The highest BCUT2D eigenvalue weighted by Gasteiger charge is 2.28. The Bertz CT molecular complexity index is 967. The highest BCUT2D eigenvalue weighted by atomic mass is 32.2. The summed E-state index contributed by atoms with van der Waals surface area (Å²) < 4.78 is 33.1. The molecule has 1 atom stereocenters. The van der Waals surface area contributed by atoms with E-state index in [2.05, 4.69) is 27.1 Å². The summed E-state index contributed by atoms with van der Waals surface area (Å²) in [5.41, 5.74) is 2.16. The molecule has 168 valence electrons. The average molecular weight is 446 g/mol. The van der Waals surface area contributed by atoms with Gasteiger partial charge in [0, 0.05) is 25.3 Å². The van der Waals surface area contributed by atoms with Crippen LogP contribution in [0.3, 0.4) is 0 Å². The monoisotopic (exact) mass is 445 g/mol. The largest absolute Gasteiger partial charge is 0.497 e. The topological polar surface area (TPSA) is 87.7 Å². The van der Waals surface area contributed by atoms with Crippen molar-refractivity contribution in [2.45, 2.75) is 44.2 Å². The van der Waals surface area contributed by atoms with Crippen molar-refractivity contribution < 1.29 is 17.9 Å². The first-order chi connectivity index (χ1) is 14.8. The molecule has 1 aliphatic rings. The number of sulfonamides is 1. The van der Waals surface area contributed by atoms with E-state index >= 15 is 0 Å². The molecule has 3 rings (SSSR count). The molecule has 0 radical (unpaired) electrons. The van der Waals surface area contributed by atoms with Crippen molar-refractivity contribution in [3.8, 4) is 5.75 Å². The normalized spacial score (nSPS) is 15.2. The highest BCUT2D eigenvalue weighted by molar-refractivity contribution is 7.89. The van der Waals surface area contributed by atoms with Gasteiger partial charge in [0.15, 0.2) is 0 Å². The third-order valence-electron chi connectivity index (χ3n) is 5.48. The molecule has 31 heavy (non-hydrogen) atoms. The maximum atomic E-state index is 12.8. The Kier molecular flexibility index (Phi) is 7.56. The highest BCUT2D eigenvalue weighted by Crippen LogP contribution is 2.20. The van der Waals surface area contributed by atoms with Crippen LogP contribution in [0.5, 0.6) is 5.75 Å². The second-order valence-corrected chi connectivity index (χ2v) is 9.81. The Morgan fingerprint density at radius 1 is 1.03 bits per heavy atom. The van der Waals surface area contributed by atoms with Gasteiger partial charge in [-0.2, -0.15) is 4.72 Å². The zero-order chi connectivity index (χ0) is 22.4. The lowest BCUT2D eigenvalue weighted by Gasteiger charge is -2.22. The molecule has 1 amide bonds. The first-order valence-corrected chi connectivity index (χ1v) is 12.1. The SMILES string of the molecule is COc1ccc(S(=O)(=O)N[C@H](C(=O)NCc2ccc(N3CCCC3)cc2)C(C)C)cc1. The van der Waals surface area contributed by atoms with Crippen molar-refractivity contribution in [1.82, 2.24) is 10.0 Å². The van der Waals surface area contributed by atoms with Gasteiger partial charge >= 0.3 is 0 Å². The summed E-state index contributed by atoms with van der Waals surface area (Å²) in [6, 6.07) is 13.3. The molecule has 1 saturated heterocycles. The van der Waals surface area contributed by atoms with Crippen molar-refractivity contribution >= 4 is 21.6 Å². The molecule has 2 aromatic carbocycles. The van der Waals surface area contributed by atoms with Gasteiger partial charge in [-0.15, -0.1) is 0 Å². The molecule has 2 aromatic rings. The van der Waals surface area contributed by atoms with Gasteiger partial charge in [-0.1, -0.05) is 26.0 Å². The number of benzene rings is 2. The fraction of sp³-hybridized carbons (Fsp3) is 0.435. The molecule has 0 spiro atoms. The fourth-order valence-electron chi connectivity index (χ4n) is 3.58. The van der Waals surface area contributed by atoms with E-state index in [1.807, 2.05) is 26.0 Å². The Morgan fingerprint density at radius 2 is 1.65 bits per heavy atom. The predicted molar refractivity (Wildman–Crippen MR) is 122 cm³/mol. The summed E-state index contributed by atoms with van der Waals surface area (Å²) in [7, 11) is -2.33. The van der Waals surface area contributed by atoms with Crippen molar-refractivity contribution in [2.24, 2.45) is 5.92 Å². The number of amides is 1. The maximum Gasteiger partial charge on any atom is 0.241 e. The van der Waals surface area contributed by atoms with Gasteiger partial charge in [0.25, 0.3) is 0 Å². The average Bonchev–Trinajstić information content (AvgIpc) is 3.31. The molecule has 0 bridgehead atoms. The molecule has 0 unspecified atom stereocenters. The minimum absolute atomic E-state index is 0.0873. The van der Waals surface area contributed by atoms with E-state index in [1.54, 1.807) is 12.1 Å². The quantitative estimate of drug-likeness (QED) is 0.620. The predicted octanol–water partition coefficient (Wildman–Crippen LogP) is 2.91. The molecule has 1 aliphatic heterocycles. The fourth-order valence-corrected chi connectivity index (χ4v) is 4.93. The van der Waals surface area contributed by atoms with Crippen LogP contribution in [0.1, 0.15) is 32.3 Å².